The number of pyridine rings is 1. The van der Waals surface area contributed by atoms with E-state index in [-0.39, 0.29) is 5.78 Å². The van der Waals surface area contributed by atoms with Crippen LogP contribution in [0, 0.1) is 0 Å². The van der Waals surface area contributed by atoms with E-state index in [0.717, 1.165) is 5.69 Å². The molecule has 0 fully saturated rings. The zero-order valence-electron chi connectivity index (χ0n) is 9.03. The molecule has 1 heterocycles. The number of ketones is 1. The molecule has 82 valence electrons. The number of aromatic nitrogens is 1. The Morgan fingerprint density at radius 3 is 2.73 bits per heavy atom. The van der Waals surface area contributed by atoms with Crippen molar-refractivity contribution < 1.29 is 14.3 Å². The molecule has 0 N–H and O–H groups in total. The van der Waals surface area contributed by atoms with Gasteiger partial charge in [0.1, 0.15) is 18.1 Å². The van der Waals surface area contributed by atoms with Crippen LogP contribution in [0.2, 0.25) is 0 Å². The average molecular weight is 209 g/mol. The number of carbonyl (C=O) groups is 1. The zero-order chi connectivity index (χ0) is 11.1. The Kier molecular flexibility index (Phi) is 4.77. The van der Waals surface area contributed by atoms with E-state index in [1.54, 1.807) is 32.4 Å². The van der Waals surface area contributed by atoms with Gasteiger partial charge in [-0.3, -0.25) is 9.78 Å². The molecule has 4 nitrogen and oxygen atoms in total. The van der Waals surface area contributed by atoms with Crippen molar-refractivity contribution in [2.45, 2.75) is 13.3 Å². The van der Waals surface area contributed by atoms with Gasteiger partial charge in [-0.2, -0.15) is 0 Å². The number of methoxy groups -OCH3 is 1. The summed E-state index contributed by atoms with van der Waals surface area (Å²) in [6, 6.07) is 3.60. The maximum absolute atomic E-state index is 10.8. The Labute approximate surface area is 89.2 Å². The van der Waals surface area contributed by atoms with Crippen molar-refractivity contribution in [3.8, 4) is 5.75 Å². The predicted molar refractivity (Wildman–Crippen MR) is 56.0 cm³/mol. The van der Waals surface area contributed by atoms with Gasteiger partial charge < -0.3 is 9.47 Å². The van der Waals surface area contributed by atoms with Crippen LogP contribution < -0.4 is 4.74 Å². The molecular weight excluding hydrogens is 194 g/mol. The molecule has 0 aliphatic rings. The number of carbonyl (C=O) groups excluding carboxylic acids is 1. The van der Waals surface area contributed by atoms with Gasteiger partial charge in [-0.1, -0.05) is 0 Å². The first-order valence-electron chi connectivity index (χ1n) is 4.78. The first-order chi connectivity index (χ1) is 7.22. The highest BCUT2D eigenvalue weighted by Gasteiger charge is 1.99. The lowest BCUT2D eigenvalue weighted by molar-refractivity contribution is -0.116. The van der Waals surface area contributed by atoms with Crippen LogP contribution in [0.4, 0.5) is 0 Å². The summed E-state index contributed by atoms with van der Waals surface area (Å²) in [5.74, 6) is 0.801. The van der Waals surface area contributed by atoms with E-state index in [4.69, 9.17) is 9.47 Å². The lowest BCUT2D eigenvalue weighted by atomic mass is 10.2. The number of nitrogens with zero attached hydrogens (tertiary/aromatic N) is 1. The quantitative estimate of drug-likeness (QED) is 0.661. The van der Waals surface area contributed by atoms with Crippen LogP contribution in [0.3, 0.4) is 0 Å². The molecule has 4 heteroatoms. The Balaban J connectivity index is 2.45. The molecule has 0 aliphatic carbocycles. The van der Waals surface area contributed by atoms with E-state index in [9.17, 15) is 4.79 Å². The van der Waals surface area contributed by atoms with Gasteiger partial charge in [-0.05, 0) is 19.1 Å². The van der Waals surface area contributed by atoms with E-state index in [1.165, 1.54) is 0 Å². The molecule has 0 unspecified atom stereocenters. The standard InChI is InChI=1S/C11H15NO3/c1-9(13)7-10-3-4-11(8-12-10)15-6-5-14-2/h3-4,8H,5-7H2,1-2H3. The predicted octanol–water partition coefficient (Wildman–Crippen LogP) is 1.24. The fourth-order valence-electron chi connectivity index (χ4n) is 1.10. The summed E-state index contributed by atoms with van der Waals surface area (Å²) in [5, 5.41) is 0. The third kappa shape index (κ3) is 4.56. The molecule has 0 saturated heterocycles. The minimum atomic E-state index is 0.107. The Hall–Kier alpha value is -1.42. The molecular formula is C11H15NO3. The molecule has 0 radical (unpaired) electrons. The number of hydrogen-bond donors (Lipinski definition) is 0. The molecule has 15 heavy (non-hydrogen) atoms. The highest BCUT2D eigenvalue weighted by Crippen LogP contribution is 2.09. The maximum Gasteiger partial charge on any atom is 0.137 e. The van der Waals surface area contributed by atoms with Crippen LogP contribution in [0.5, 0.6) is 5.75 Å². The summed E-state index contributed by atoms with van der Waals surface area (Å²) in [5.41, 5.74) is 0.765. The lowest BCUT2D eigenvalue weighted by Gasteiger charge is -2.05. The Morgan fingerprint density at radius 2 is 2.20 bits per heavy atom. The summed E-state index contributed by atoms with van der Waals surface area (Å²) in [6.45, 7) is 2.60. The second kappa shape index (κ2) is 6.14. The number of ether oxygens (including phenoxy) is 2. The van der Waals surface area contributed by atoms with Gasteiger partial charge in [0.05, 0.1) is 12.8 Å². The van der Waals surface area contributed by atoms with E-state index >= 15 is 0 Å². The minimum absolute atomic E-state index is 0.107. The smallest absolute Gasteiger partial charge is 0.137 e. The topological polar surface area (TPSA) is 48.4 Å². The van der Waals surface area contributed by atoms with Gasteiger partial charge >= 0.3 is 0 Å². The van der Waals surface area contributed by atoms with Crippen LogP contribution in [0.25, 0.3) is 0 Å². The maximum atomic E-state index is 10.8. The molecule has 1 aromatic heterocycles. The molecule has 0 spiro atoms. The first-order valence-corrected chi connectivity index (χ1v) is 4.78. The van der Waals surface area contributed by atoms with Crippen molar-refractivity contribution in [2.75, 3.05) is 20.3 Å². The molecule has 1 aromatic rings. The Morgan fingerprint density at radius 1 is 1.40 bits per heavy atom. The van der Waals surface area contributed by atoms with Crippen LogP contribution in [-0.4, -0.2) is 31.1 Å². The van der Waals surface area contributed by atoms with Crippen molar-refractivity contribution in [3.05, 3.63) is 24.0 Å². The molecule has 1 rings (SSSR count). The van der Waals surface area contributed by atoms with Gasteiger partial charge in [-0.25, -0.2) is 0 Å². The highest BCUT2D eigenvalue weighted by atomic mass is 16.5. The fraction of sp³-hybridized carbons (Fsp3) is 0.455. The SMILES string of the molecule is COCCOc1ccc(CC(C)=O)nc1. The summed E-state index contributed by atoms with van der Waals surface area (Å²) < 4.78 is 10.2. The van der Waals surface area contributed by atoms with Gasteiger partial charge in [0.2, 0.25) is 0 Å². The van der Waals surface area contributed by atoms with Gasteiger partial charge in [0.15, 0.2) is 0 Å². The minimum Gasteiger partial charge on any atom is -0.490 e. The van der Waals surface area contributed by atoms with E-state index in [1.807, 2.05) is 0 Å². The van der Waals surface area contributed by atoms with E-state index in [0.29, 0.717) is 25.4 Å². The van der Waals surface area contributed by atoms with Crippen LogP contribution in [0.1, 0.15) is 12.6 Å². The lowest BCUT2D eigenvalue weighted by Crippen LogP contribution is -2.05. The largest absolute Gasteiger partial charge is 0.490 e. The van der Waals surface area contributed by atoms with E-state index in [2.05, 4.69) is 4.98 Å². The second-order valence-electron chi connectivity index (χ2n) is 3.21. The Bertz CT molecular complexity index is 308. The van der Waals surface area contributed by atoms with Crippen LogP contribution in [-0.2, 0) is 16.0 Å². The van der Waals surface area contributed by atoms with Crippen molar-refractivity contribution in [1.82, 2.24) is 4.98 Å². The highest BCUT2D eigenvalue weighted by molar-refractivity contribution is 5.77. The summed E-state index contributed by atoms with van der Waals surface area (Å²) in [4.78, 5) is 14.9. The van der Waals surface area contributed by atoms with Gasteiger partial charge in [0.25, 0.3) is 0 Å². The van der Waals surface area contributed by atoms with Crippen LogP contribution >= 0.6 is 0 Å². The molecule has 0 atom stereocenters. The number of Topliss-reactive ketones (excluding diaryl/α,β-unsaturated/α-hetero) is 1. The average Bonchev–Trinajstić information content (AvgIpc) is 2.20. The molecule has 0 aliphatic heterocycles. The summed E-state index contributed by atoms with van der Waals surface area (Å²) in [6.07, 6.45) is 1.99. The normalized spacial score (nSPS) is 10.0. The first kappa shape index (κ1) is 11.7. The van der Waals surface area contributed by atoms with Crippen molar-refractivity contribution in [3.63, 3.8) is 0 Å². The van der Waals surface area contributed by atoms with Crippen molar-refractivity contribution in [1.29, 1.82) is 0 Å². The molecule has 0 aromatic carbocycles. The summed E-state index contributed by atoms with van der Waals surface area (Å²) in [7, 11) is 1.62. The number of rotatable bonds is 6. The third-order valence-corrected chi connectivity index (χ3v) is 1.78. The monoisotopic (exact) mass is 209 g/mol. The van der Waals surface area contributed by atoms with E-state index < -0.39 is 0 Å². The van der Waals surface area contributed by atoms with Gasteiger partial charge in [-0.15, -0.1) is 0 Å². The van der Waals surface area contributed by atoms with Crippen LogP contribution in [0.15, 0.2) is 18.3 Å². The van der Waals surface area contributed by atoms with Gasteiger partial charge in [0, 0.05) is 19.2 Å². The fourth-order valence-corrected chi connectivity index (χ4v) is 1.10. The zero-order valence-corrected chi connectivity index (χ0v) is 9.03. The van der Waals surface area contributed by atoms with Crippen molar-refractivity contribution >= 4 is 5.78 Å². The number of hydrogen-bond acceptors (Lipinski definition) is 4. The summed E-state index contributed by atoms with van der Waals surface area (Å²) >= 11 is 0. The molecule has 0 bridgehead atoms. The van der Waals surface area contributed by atoms with Crippen molar-refractivity contribution in [2.24, 2.45) is 0 Å². The molecule has 0 saturated carbocycles. The third-order valence-electron chi connectivity index (χ3n) is 1.78. The second-order valence-corrected chi connectivity index (χ2v) is 3.21. The molecule has 0 amide bonds.